The van der Waals surface area contributed by atoms with E-state index in [2.05, 4.69) is 0 Å². The van der Waals surface area contributed by atoms with E-state index in [1.165, 1.54) is 13.0 Å². The summed E-state index contributed by atoms with van der Waals surface area (Å²) in [5.74, 6) is -2.01. The quantitative estimate of drug-likeness (QED) is 0.783. The molecule has 0 bridgehead atoms. The van der Waals surface area contributed by atoms with E-state index in [1.807, 2.05) is 0 Å². The molecule has 7 nitrogen and oxygen atoms in total. The maximum Gasteiger partial charge on any atom is 0.338 e. The largest absolute Gasteiger partial charge is 0.480 e. The summed E-state index contributed by atoms with van der Waals surface area (Å²) in [6.45, 7) is 2.97. The lowest BCUT2D eigenvalue weighted by molar-refractivity contribution is -0.140. The Morgan fingerprint density at radius 1 is 1.36 bits per heavy atom. The first-order valence-electron chi connectivity index (χ1n) is 6.29. The summed E-state index contributed by atoms with van der Waals surface area (Å²) >= 11 is 5.84. The van der Waals surface area contributed by atoms with Gasteiger partial charge in [0.2, 0.25) is 10.0 Å². The van der Waals surface area contributed by atoms with Gasteiger partial charge >= 0.3 is 11.9 Å². The van der Waals surface area contributed by atoms with Crippen molar-refractivity contribution in [3.63, 3.8) is 0 Å². The average Bonchev–Trinajstić information content (AvgIpc) is 2.45. The highest BCUT2D eigenvalue weighted by Gasteiger charge is 2.30. The molecule has 9 heteroatoms. The van der Waals surface area contributed by atoms with Gasteiger partial charge in [0.05, 0.1) is 17.1 Å². The number of carbonyl (C=O) groups is 2. The van der Waals surface area contributed by atoms with Crippen molar-refractivity contribution in [2.24, 2.45) is 0 Å². The van der Waals surface area contributed by atoms with Gasteiger partial charge in [-0.25, -0.2) is 13.2 Å². The minimum atomic E-state index is -4.12. The molecule has 1 unspecified atom stereocenters. The van der Waals surface area contributed by atoms with Crippen molar-refractivity contribution in [2.75, 3.05) is 13.7 Å². The Balaban J connectivity index is 3.31. The van der Waals surface area contributed by atoms with Crippen LogP contribution in [0.25, 0.3) is 0 Å². The molecule has 0 amide bonds. The van der Waals surface area contributed by atoms with Gasteiger partial charge < -0.3 is 9.84 Å². The summed E-state index contributed by atoms with van der Waals surface area (Å²) in [5.41, 5.74) is -0.0238. The van der Waals surface area contributed by atoms with Crippen molar-refractivity contribution in [2.45, 2.75) is 24.8 Å². The molecule has 0 aliphatic rings. The first-order valence-corrected chi connectivity index (χ1v) is 8.11. The van der Waals surface area contributed by atoms with Gasteiger partial charge in [0.1, 0.15) is 6.04 Å². The lowest BCUT2D eigenvalue weighted by Crippen LogP contribution is -2.40. The number of sulfonamides is 1. The van der Waals surface area contributed by atoms with Crippen LogP contribution < -0.4 is 0 Å². The van der Waals surface area contributed by atoms with Crippen LogP contribution in [0.15, 0.2) is 23.1 Å². The third-order valence-electron chi connectivity index (χ3n) is 2.96. The Hall–Kier alpha value is -1.64. The highest BCUT2D eigenvalue weighted by atomic mass is 35.5. The number of benzene rings is 1. The van der Waals surface area contributed by atoms with Gasteiger partial charge in [-0.05, 0) is 32.0 Å². The number of halogens is 1. The van der Waals surface area contributed by atoms with E-state index in [1.54, 1.807) is 6.92 Å². The topological polar surface area (TPSA) is 101 Å². The molecule has 0 aromatic heterocycles. The zero-order valence-electron chi connectivity index (χ0n) is 12.2. The lowest BCUT2D eigenvalue weighted by Gasteiger charge is -2.21. The Kier molecular flexibility index (Phi) is 5.92. The predicted octanol–water partition coefficient (Wildman–Crippen LogP) is 1.61. The van der Waals surface area contributed by atoms with Crippen molar-refractivity contribution >= 4 is 33.6 Å². The molecule has 0 heterocycles. The van der Waals surface area contributed by atoms with E-state index in [9.17, 15) is 18.0 Å². The number of carboxylic acids is 1. The zero-order valence-corrected chi connectivity index (χ0v) is 13.8. The molecule has 22 heavy (non-hydrogen) atoms. The Morgan fingerprint density at radius 2 is 1.95 bits per heavy atom. The summed E-state index contributed by atoms with van der Waals surface area (Å²) in [6, 6.07) is 2.25. The fraction of sp³-hybridized carbons (Fsp3) is 0.385. The highest BCUT2D eigenvalue weighted by Crippen LogP contribution is 2.23. The number of hydrogen-bond acceptors (Lipinski definition) is 5. The monoisotopic (exact) mass is 349 g/mol. The molecular formula is C13H16ClNO6S. The molecule has 0 saturated carbocycles. The number of carbonyl (C=O) groups excluding carboxylic acids is 1. The van der Waals surface area contributed by atoms with Crippen LogP contribution in [0.5, 0.6) is 0 Å². The van der Waals surface area contributed by atoms with E-state index >= 15 is 0 Å². The Morgan fingerprint density at radius 3 is 2.45 bits per heavy atom. The molecule has 1 aromatic carbocycles. The van der Waals surface area contributed by atoms with Crippen molar-refractivity contribution in [3.8, 4) is 0 Å². The van der Waals surface area contributed by atoms with Gasteiger partial charge in [-0.15, -0.1) is 0 Å². The maximum absolute atomic E-state index is 12.4. The number of hydrogen-bond donors (Lipinski definition) is 1. The van der Waals surface area contributed by atoms with Crippen molar-refractivity contribution in [3.05, 3.63) is 28.8 Å². The van der Waals surface area contributed by atoms with Crippen LogP contribution >= 0.6 is 11.6 Å². The van der Waals surface area contributed by atoms with Crippen LogP contribution in [0.2, 0.25) is 5.02 Å². The molecule has 1 aromatic rings. The first-order chi connectivity index (χ1) is 10.1. The van der Waals surface area contributed by atoms with Crippen molar-refractivity contribution in [1.29, 1.82) is 0 Å². The molecule has 0 aliphatic heterocycles. The first kappa shape index (κ1) is 18.4. The molecule has 0 spiro atoms. The summed E-state index contributed by atoms with van der Waals surface area (Å²) in [7, 11) is -2.98. The summed E-state index contributed by atoms with van der Waals surface area (Å²) in [6.07, 6.45) is 0. The fourth-order valence-corrected chi connectivity index (χ4v) is 3.26. The molecule has 1 rings (SSSR count). The van der Waals surface area contributed by atoms with Crippen LogP contribution in [0.4, 0.5) is 0 Å². The normalized spacial score (nSPS) is 13.0. The van der Waals surface area contributed by atoms with Crippen molar-refractivity contribution < 1.29 is 27.9 Å². The van der Waals surface area contributed by atoms with E-state index in [0.717, 1.165) is 19.2 Å². The van der Waals surface area contributed by atoms with Gasteiger partial charge in [0.25, 0.3) is 0 Å². The van der Waals surface area contributed by atoms with Crippen LogP contribution in [0.3, 0.4) is 0 Å². The van der Waals surface area contributed by atoms with Gasteiger partial charge in [0, 0.05) is 12.1 Å². The zero-order chi connectivity index (χ0) is 17.1. The van der Waals surface area contributed by atoms with E-state index in [0.29, 0.717) is 4.31 Å². The summed E-state index contributed by atoms with van der Waals surface area (Å²) < 4.78 is 30.3. The molecule has 0 aliphatic carbocycles. The third-order valence-corrected chi connectivity index (χ3v) is 5.09. The van der Waals surface area contributed by atoms with Gasteiger partial charge in [-0.2, -0.15) is 4.31 Å². The van der Waals surface area contributed by atoms with Gasteiger partial charge in [-0.1, -0.05) is 11.6 Å². The average molecular weight is 350 g/mol. The van der Waals surface area contributed by atoms with Crippen LogP contribution in [-0.4, -0.2) is 49.5 Å². The summed E-state index contributed by atoms with van der Waals surface area (Å²) in [4.78, 5) is 22.4. The number of likely N-dealkylation sites (N-methyl/N-ethyl adjacent to an activating group) is 1. The molecule has 0 fully saturated rings. The second-order valence-electron chi connectivity index (χ2n) is 4.43. The smallest absolute Gasteiger partial charge is 0.338 e. The maximum atomic E-state index is 12.4. The number of ether oxygens (including phenoxy) is 1. The molecule has 1 N–H and O–H groups in total. The number of nitrogens with zero attached hydrogens (tertiary/aromatic N) is 1. The van der Waals surface area contributed by atoms with Gasteiger partial charge in [0.15, 0.2) is 0 Å². The number of rotatable bonds is 6. The highest BCUT2D eigenvalue weighted by molar-refractivity contribution is 7.89. The number of esters is 1. The molecular weight excluding hydrogens is 334 g/mol. The minimum Gasteiger partial charge on any atom is -0.480 e. The van der Waals surface area contributed by atoms with Crippen LogP contribution in [0, 0.1) is 0 Å². The van der Waals surface area contributed by atoms with Gasteiger partial charge in [-0.3, -0.25) is 4.79 Å². The van der Waals surface area contributed by atoms with Crippen LogP contribution in [-0.2, 0) is 19.6 Å². The van der Waals surface area contributed by atoms with Crippen LogP contribution in [0.1, 0.15) is 24.2 Å². The lowest BCUT2D eigenvalue weighted by atomic mass is 10.2. The fourth-order valence-electron chi connectivity index (χ4n) is 1.57. The Bertz CT molecular complexity index is 688. The van der Waals surface area contributed by atoms with Crippen molar-refractivity contribution in [1.82, 2.24) is 4.31 Å². The predicted molar refractivity (Wildman–Crippen MR) is 79.5 cm³/mol. The Labute approximate surface area is 133 Å². The molecule has 122 valence electrons. The summed E-state index contributed by atoms with van der Waals surface area (Å²) in [5, 5.41) is 8.95. The minimum absolute atomic E-state index is 0.0238. The molecule has 0 radical (unpaired) electrons. The standard InChI is InChI=1S/C13H16ClNO6S/c1-4-21-13(18)9-5-10(14)7-11(6-9)22(19,20)15(3)8(2)12(16)17/h5-8H,4H2,1-3H3,(H,16,17). The molecule has 1 atom stereocenters. The van der Waals surface area contributed by atoms with E-state index < -0.39 is 28.0 Å². The van der Waals surface area contributed by atoms with E-state index in [-0.39, 0.29) is 22.1 Å². The molecule has 0 saturated heterocycles. The number of carboxylic acid groups (broad SMARTS) is 1. The second kappa shape index (κ2) is 7.08. The number of aliphatic carboxylic acids is 1. The van der Waals surface area contributed by atoms with E-state index in [4.69, 9.17) is 21.4 Å². The SMILES string of the molecule is CCOC(=O)c1cc(Cl)cc(S(=O)(=O)N(C)C(C)C(=O)O)c1. The third kappa shape index (κ3) is 3.96. The second-order valence-corrected chi connectivity index (χ2v) is 6.87.